The minimum atomic E-state index is -3.94. The van der Waals surface area contributed by atoms with E-state index in [0.29, 0.717) is 17.1 Å². The van der Waals surface area contributed by atoms with Gasteiger partial charge in [-0.2, -0.15) is 9.41 Å². The molecule has 10 heteroatoms. The van der Waals surface area contributed by atoms with Crippen LogP contribution in [0.15, 0.2) is 58.5 Å². The molecule has 8 nitrogen and oxygen atoms in total. The molecule has 0 saturated carbocycles. The third-order valence-corrected chi connectivity index (χ3v) is 5.99. The van der Waals surface area contributed by atoms with E-state index in [2.05, 4.69) is 10.4 Å². The number of benzene rings is 2. The molecule has 152 valence electrons. The number of anilines is 2. The minimum absolute atomic E-state index is 0.114. The van der Waals surface area contributed by atoms with Crippen molar-refractivity contribution in [3.8, 4) is 0 Å². The lowest BCUT2D eigenvalue weighted by molar-refractivity contribution is -0.117. The van der Waals surface area contributed by atoms with Crippen LogP contribution >= 0.6 is 0 Å². The number of amides is 2. The number of hydrogen-bond donors (Lipinski definition) is 1. The highest BCUT2D eigenvalue weighted by Gasteiger charge is 2.24. The van der Waals surface area contributed by atoms with Gasteiger partial charge in [0.05, 0.1) is 23.5 Å². The van der Waals surface area contributed by atoms with Crippen molar-refractivity contribution >= 4 is 38.9 Å². The molecule has 1 aliphatic rings. The predicted molar refractivity (Wildman–Crippen MR) is 106 cm³/mol. The summed E-state index contributed by atoms with van der Waals surface area (Å²) in [5, 5.41) is 8.02. The molecule has 0 radical (unpaired) electrons. The molecule has 29 heavy (non-hydrogen) atoms. The first kappa shape index (κ1) is 20.6. The van der Waals surface area contributed by atoms with Gasteiger partial charge >= 0.3 is 0 Å². The van der Waals surface area contributed by atoms with Crippen molar-refractivity contribution in [3.05, 3.63) is 54.3 Å². The maximum atomic E-state index is 13.0. The summed E-state index contributed by atoms with van der Waals surface area (Å²) in [5.74, 6) is -1.29. The average molecular weight is 418 g/mol. The standard InChI is InChI=1S/C19H19FN4O4S/c1-13-10-19(26)24(22-13)16-5-3-4-15(11-16)21-18(25)12-23(2)29(27,28)17-8-6-14(20)7-9-17/h3-9,11H,10,12H2,1-2H3,(H,21,25). The zero-order valence-electron chi connectivity index (χ0n) is 15.8. The number of rotatable bonds is 6. The quantitative estimate of drug-likeness (QED) is 0.777. The number of hydrazone groups is 1. The zero-order chi connectivity index (χ0) is 21.2. The van der Waals surface area contributed by atoms with Crippen molar-refractivity contribution in [3.63, 3.8) is 0 Å². The van der Waals surface area contributed by atoms with Crippen molar-refractivity contribution < 1.29 is 22.4 Å². The molecule has 1 N–H and O–H groups in total. The first-order chi connectivity index (χ1) is 13.7. The van der Waals surface area contributed by atoms with Crippen molar-refractivity contribution in [2.24, 2.45) is 5.10 Å². The highest BCUT2D eigenvalue weighted by atomic mass is 32.2. The number of carbonyl (C=O) groups is 2. The topological polar surface area (TPSA) is 99.2 Å². The lowest BCUT2D eigenvalue weighted by Gasteiger charge is -2.17. The first-order valence-electron chi connectivity index (χ1n) is 8.65. The van der Waals surface area contributed by atoms with Crippen molar-refractivity contribution in [1.29, 1.82) is 0 Å². The van der Waals surface area contributed by atoms with E-state index >= 15 is 0 Å². The van der Waals surface area contributed by atoms with Gasteiger partial charge in [0.2, 0.25) is 15.9 Å². The number of halogens is 1. The number of sulfonamides is 1. The Kier molecular flexibility index (Phi) is 5.76. The van der Waals surface area contributed by atoms with E-state index in [1.54, 1.807) is 31.2 Å². The monoisotopic (exact) mass is 418 g/mol. The summed E-state index contributed by atoms with van der Waals surface area (Å²) in [4.78, 5) is 24.2. The molecule has 0 spiro atoms. The Labute approximate surface area is 167 Å². The minimum Gasteiger partial charge on any atom is -0.325 e. The van der Waals surface area contributed by atoms with Crippen LogP contribution in [-0.4, -0.2) is 43.8 Å². The maximum Gasteiger partial charge on any atom is 0.253 e. The van der Waals surface area contributed by atoms with E-state index in [0.717, 1.165) is 28.6 Å². The van der Waals surface area contributed by atoms with Crippen LogP contribution in [0.1, 0.15) is 13.3 Å². The Balaban J connectivity index is 1.68. The normalized spacial score (nSPS) is 14.3. The zero-order valence-corrected chi connectivity index (χ0v) is 16.6. The van der Waals surface area contributed by atoms with Gasteiger partial charge in [-0.1, -0.05) is 6.07 Å². The Morgan fingerprint density at radius 3 is 2.55 bits per heavy atom. The summed E-state index contributed by atoms with van der Waals surface area (Å²) in [6, 6.07) is 10.9. The molecule has 0 saturated heterocycles. The lowest BCUT2D eigenvalue weighted by Crippen LogP contribution is -2.35. The number of hydrogen-bond acceptors (Lipinski definition) is 5. The van der Waals surface area contributed by atoms with Crippen molar-refractivity contribution in [2.45, 2.75) is 18.2 Å². The van der Waals surface area contributed by atoms with Gasteiger partial charge in [0, 0.05) is 18.4 Å². The van der Waals surface area contributed by atoms with Crippen LogP contribution < -0.4 is 10.3 Å². The van der Waals surface area contributed by atoms with Crippen LogP contribution in [0.3, 0.4) is 0 Å². The van der Waals surface area contributed by atoms with Gasteiger partial charge in [0.1, 0.15) is 5.82 Å². The molecule has 0 aromatic heterocycles. The fourth-order valence-electron chi connectivity index (χ4n) is 2.75. The van der Waals surface area contributed by atoms with E-state index in [-0.39, 0.29) is 17.2 Å². The molecule has 1 heterocycles. The van der Waals surface area contributed by atoms with Gasteiger partial charge in [0.25, 0.3) is 5.91 Å². The molecule has 2 aromatic carbocycles. The second kappa shape index (κ2) is 8.10. The van der Waals surface area contributed by atoms with Gasteiger partial charge < -0.3 is 5.32 Å². The SMILES string of the molecule is CC1=NN(c2cccc(NC(=O)CN(C)S(=O)(=O)c3ccc(F)cc3)c2)C(=O)C1. The van der Waals surface area contributed by atoms with Crippen LogP contribution in [0.5, 0.6) is 0 Å². The Hall–Kier alpha value is -3.11. The second-order valence-corrected chi connectivity index (χ2v) is 8.58. The van der Waals surface area contributed by atoms with Gasteiger partial charge in [-0.05, 0) is 49.4 Å². The van der Waals surface area contributed by atoms with Crippen LogP contribution in [0.4, 0.5) is 15.8 Å². The molecule has 0 aliphatic carbocycles. The molecular weight excluding hydrogens is 399 g/mol. The summed E-state index contributed by atoms with van der Waals surface area (Å²) < 4.78 is 38.9. The second-order valence-electron chi connectivity index (χ2n) is 6.53. The first-order valence-corrected chi connectivity index (χ1v) is 10.1. The van der Waals surface area contributed by atoms with Gasteiger partial charge in [-0.3, -0.25) is 9.59 Å². The van der Waals surface area contributed by atoms with Crippen LogP contribution in [-0.2, 0) is 19.6 Å². The largest absolute Gasteiger partial charge is 0.325 e. The van der Waals surface area contributed by atoms with Crippen LogP contribution in [0, 0.1) is 5.82 Å². The summed E-state index contributed by atoms with van der Waals surface area (Å²) >= 11 is 0. The van der Waals surface area contributed by atoms with E-state index in [4.69, 9.17) is 0 Å². The third kappa shape index (κ3) is 4.66. The Bertz CT molecular complexity index is 1080. The fraction of sp³-hybridized carbons (Fsp3) is 0.211. The van der Waals surface area contributed by atoms with Crippen LogP contribution in [0.2, 0.25) is 0 Å². The van der Waals surface area contributed by atoms with Gasteiger partial charge in [0.15, 0.2) is 0 Å². The average Bonchev–Trinajstić information content (AvgIpc) is 3.00. The Morgan fingerprint density at radius 1 is 1.24 bits per heavy atom. The smallest absolute Gasteiger partial charge is 0.253 e. The Morgan fingerprint density at radius 2 is 1.93 bits per heavy atom. The predicted octanol–water partition coefficient (Wildman–Crippen LogP) is 2.20. The molecular formula is C19H19FN4O4S. The van der Waals surface area contributed by atoms with Gasteiger partial charge in [-0.15, -0.1) is 0 Å². The van der Waals surface area contributed by atoms with E-state index in [1.807, 2.05) is 0 Å². The van der Waals surface area contributed by atoms with E-state index < -0.39 is 28.3 Å². The van der Waals surface area contributed by atoms with Crippen LogP contribution in [0.25, 0.3) is 0 Å². The molecule has 0 bridgehead atoms. The number of nitrogens with zero attached hydrogens (tertiary/aromatic N) is 3. The van der Waals surface area contributed by atoms with Crippen molar-refractivity contribution in [1.82, 2.24) is 4.31 Å². The summed E-state index contributed by atoms with van der Waals surface area (Å²) in [6.07, 6.45) is 0.239. The molecule has 0 atom stereocenters. The highest BCUT2D eigenvalue weighted by Crippen LogP contribution is 2.24. The summed E-state index contributed by atoms with van der Waals surface area (Å²) in [7, 11) is -2.68. The highest BCUT2D eigenvalue weighted by molar-refractivity contribution is 7.89. The number of carbonyl (C=O) groups excluding carboxylic acids is 2. The summed E-state index contributed by atoms with van der Waals surface area (Å²) in [6.45, 7) is 1.31. The number of likely N-dealkylation sites (N-methyl/N-ethyl adjacent to an activating group) is 1. The molecule has 0 unspecified atom stereocenters. The summed E-state index contributed by atoms with van der Waals surface area (Å²) in [5.41, 5.74) is 1.58. The van der Waals surface area contributed by atoms with Gasteiger partial charge in [-0.25, -0.2) is 17.8 Å². The molecule has 1 aliphatic heterocycles. The van der Waals surface area contributed by atoms with E-state index in [1.165, 1.54) is 12.1 Å². The maximum absolute atomic E-state index is 13.0. The molecule has 0 fully saturated rings. The molecule has 2 amide bonds. The lowest BCUT2D eigenvalue weighted by atomic mass is 10.2. The van der Waals surface area contributed by atoms with Crippen molar-refractivity contribution in [2.75, 3.05) is 23.9 Å². The molecule has 2 aromatic rings. The third-order valence-electron chi connectivity index (χ3n) is 4.18. The number of nitrogens with one attached hydrogen (secondary N) is 1. The molecule has 3 rings (SSSR count). The fourth-order valence-corrected chi connectivity index (χ4v) is 3.87. The van der Waals surface area contributed by atoms with E-state index in [9.17, 15) is 22.4 Å².